The van der Waals surface area contributed by atoms with E-state index < -0.39 is 12.0 Å². The fourth-order valence-electron chi connectivity index (χ4n) is 0.826. The van der Waals surface area contributed by atoms with Crippen LogP contribution in [0, 0.1) is 3.57 Å². The Morgan fingerprint density at radius 2 is 1.93 bits per heavy atom. The second-order valence-electron chi connectivity index (χ2n) is 2.45. The average Bonchev–Trinajstić information content (AvgIpc) is 2.01. The van der Waals surface area contributed by atoms with Crippen LogP contribution < -0.4 is 0 Å². The van der Waals surface area contributed by atoms with Crippen molar-refractivity contribution in [2.45, 2.75) is 6.18 Å². The Morgan fingerprint density at radius 1 is 1.36 bits per heavy atom. The lowest BCUT2D eigenvalue weighted by Crippen LogP contribution is -2.23. The third kappa shape index (κ3) is 2.60. The van der Waals surface area contributed by atoms with Crippen LogP contribution in [0.5, 0.6) is 0 Å². The standard InChI is InChI=1S/C8H3ClF3IO/c9-4-1-2-5(6(13)3-4)7(14)8(10,11)12/h1-3H. The third-order valence-electron chi connectivity index (χ3n) is 1.43. The van der Waals surface area contributed by atoms with Gasteiger partial charge in [-0.05, 0) is 40.8 Å². The summed E-state index contributed by atoms with van der Waals surface area (Å²) in [5, 5.41) is 0.299. The molecule has 0 N–H and O–H groups in total. The van der Waals surface area contributed by atoms with Crippen molar-refractivity contribution in [3.05, 3.63) is 32.4 Å². The molecule has 6 heteroatoms. The molecule has 0 bridgehead atoms. The highest BCUT2D eigenvalue weighted by molar-refractivity contribution is 14.1. The first-order valence-corrected chi connectivity index (χ1v) is 4.84. The molecule has 0 atom stereocenters. The first-order chi connectivity index (χ1) is 6.32. The van der Waals surface area contributed by atoms with E-state index in [1.54, 1.807) is 22.6 Å². The van der Waals surface area contributed by atoms with Gasteiger partial charge in [-0.1, -0.05) is 11.6 Å². The molecule has 0 aliphatic carbocycles. The van der Waals surface area contributed by atoms with Gasteiger partial charge in [0.05, 0.1) is 0 Å². The van der Waals surface area contributed by atoms with Crippen LogP contribution in [0.25, 0.3) is 0 Å². The summed E-state index contributed by atoms with van der Waals surface area (Å²) in [6.07, 6.45) is -4.84. The van der Waals surface area contributed by atoms with Gasteiger partial charge >= 0.3 is 6.18 Å². The predicted molar refractivity (Wildman–Crippen MR) is 54.6 cm³/mol. The number of Topliss-reactive ketones (excluding diaryl/α,β-unsaturated/α-hetero) is 1. The lowest BCUT2D eigenvalue weighted by atomic mass is 10.1. The zero-order valence-electron chi connectivity index (χ0n) is 6.53. The van der Waals surface area contributed by atoms with E-state index in [1.165, 1.54) is 12.1 Å². The maximum absolute atomic E-state index is 12.0. The molecule has 0 heterocycles. The van der Waals surface area contributed by atoms with E-state index in [2.05, 4.69) is 0 Å². The molecular weight excluding hydrogens is 331 g/mol. The molecule has 0 saturated carbocycles. The summed E-state index contributed by atoms with van der Waals surface area (Å²) in [5.74, 6) is -1.85. The van der Waals surface area contributed by atoms with Gasteiger partial charge < -0.3 is 0 Å². The molecule has 0 aliphatic rings. The number of alkyl halides is 3. The van der Waals surface area contributed by atoms with Crippen molar-refractivity contribution < 1.29 is 18.0 Å². The van der Waals surface area contributed by atoms with E-state index in [-0.39, 0.29) is 9.13 Å². The minimum Gasteiger partial charge on any atom is -0.284 e. The van der Waals surface area contributed by atoms with Crippen LogP contribution in [0.15, 0.2) is 18.2 Å². The molecule has 14 heavy (non-hydrogen) atoms. The predicted octanol–water partition coefficient (Wildman–Crippen LogP) is 3.69. The van der Waals surface area contributed by atoms with Gasteiger partial charge in [0.25, 0.3) is 5.78 Å². The zero-order chi connectivity index (χ0) is 10.9. The monoisotopic (exact) mass is 334 g/mol. The Hall–Kier alpha value is -0.300. The van der Waals surface area contributed by atoms with Gasteiger partial charge in [0.2, 0.25) is 0 Å². The normalized spacial score (nSPS) is 11.5. The van der Waals surface area contributed by atoms with Crippen molar-refractivity contribution in [1.29, 1.82) is 0 Å². The topological polar surface area (TPSA) is 17.1 Å². The minimum absolute atomic E-state index is 0.192. The molecule has 0 amide bonds. The van der Waals surface area contributed by atoms with Crippen LogP contribution in [-0.4, -0.2) is 12.0 Å². The molecule has 1 aromatic carbocycles. The second-order valence-corrected chi connectivity index (χ2v) is 4.05. The molecule has 0 fully saturated rings. The molecule has 0 aliphatic heterocycles. The van der Waals surface area contributed by atoms with E-state index in [0.29, 0.717) is 5.02 Å². The number of rotatable bonds is 1. The Labute approximate surface area is 96.4 Å². The van der Waals surface area contributed by atoms with Gasteiger partial charge in [0.15, 0.2) is 0 Å². The van der Waals surface area contributed by atoms with Crippen molar-refractivity contribution in [3.63, 3.8) is 0 Å². The molecule has 0 radical (unpaired) electrons. The molecule has 0 spiro atoms. The minimum atomic E-state index is -4.84. The van der Waals surface area contributed by atoms with Crippen molar-refractivity contribution in [3.8, 4) is 0 Å². The second kappa shape index (κ2) is 4.06. The highest BCUT2D eigenvalue weighted by Gasteiger charge is 2.40. The largest absolute Gasteiger partial charge is 0.454 e. The summed E-state index contributed by atoms with van der Waals surface area (Å²) in [7, 11) is 0. The molecular formula is C8H3ClF3IO. The third-order valence-corrected chi connectivity index (χ3v) is 2.56. The summed E-state index contributed by atoms with van der Waals surface area (Å²) >= 11 is 7.17. The van der Waals surface area contributed by atoms with Crippen LogP contribution in [0.1, 0.15) is 10.4 Å². The average molecular weight is 334 g/mol. The van der Waals surface area contributed by atoms with Crippen LogP contribution in [0.4, 0.5) is 13.2 Å². The van der Waals surface area contributed by atoms with E-state index in [4.69, 9.17) is 11.6 Å². The summed E-state index contributed by atoms with van der Waals surface area (Å²) in [6.45, 7) is 0. The first kappa shape index (κ1) is 11.8. The zero-order valence-corrected chi connectivity index (χ0v) is 9.44. The number of ketones is 1. The molecule has 1 nitrogen and oxygen atoms in total. The molecule has 76 valence electrons. The number of carbonyl (C=O) groups excluding carboxylic acids is 1. The summed E-state index contributed by atoms with van der Waals surface area (Å²) < 4.78 is 36.3. The summed E-state index contributed by atoms with van der Waals surface area (Å²) in [6, 6.07) is 3.63. The van der Waals surface area contributed by atoms with Gasteiger partial charge in [-0.15, -0.1) is 0 Å². The van der Waals surface area contributed by atoms with Crippen molar-refractivity contribution in [2.75, 3.05) is 0 Å². The van der Waals surface area contributed by atoms with E-state index in [1.807, 2.05) is 0 Å². The fraction of sp³-hybridized carbons (Fsp3) is 0.125. The Morgan fingerprint density at radius 3 is 2.36 bits per heavy atom. The number of benzene rings is 1. The Kier molecular flexibility index (Phi) is 3.41. The molecule has 1 rings (SSSR count). The molecule has 0 saturated heterocycles. The maximum Gasteiger partial charge on any atom is 0.454 e. The van der Waals surface area contributed by atoms with E-state index >= 15 is 0 Å². The van der Waals surface area contributed by atoms with Gasteiger partial charge in [0, 0.05) is 14.2 Å². The summed E-state index contributed by atoms with van der Waals surface area (Å²) in [4.78, 5) is 10.8. The van der Waals surface area contributed by atoms with Crippen molar-refractivity contribution in [2.24, 2.45) is 0 Å². The number of hydrogen-bond acceptors (Lipinski definition) is 1. The Bertz CT molecular complexity index is 375. The van der Waals surface area contributed by atoms with Crippen LogP contribution in [0.2, 0.25) is 5.02 Å². The fourth-order valence-corrected chi connectivity index (χ4v) is 1.94. The van der Waals surface area contributed by atoms with Crippen molar-refractivity contribution >= 4 is 40.0 Å². The highest BCUT2D eigenvalue weighted by Crippen LogP contribution is 2.26. The van der Waals surface area contributed by atoms with Gasteiger partial charge in [-0.2, -0.15) is 13.2 Å². The Balaban J connectivity index is 3.15. The van der Waals surface area contributed by atoms with E-state index in [9.17, 15) is 18.0 Å². The molecule has 0 aromatic heterocycles. The van der Waals surface area contributed by atoms with Gasteiger partial charge in [0.1, 0.15) is 0 Å². The van der Waals surface area contributed by atoms with Crippen molar-refractivity contribution in [1.82, 2.24) is 0 Å². The van der Waals surface area contributed by atoms with Gasteiger partial charge in [-0.25, -0.2) is 0 Å². The summed E-state index contributed by atoms with van der Waals surface area (Å²) in [5.41, 5.74) is -0.373. The lowest BCUT2D eigenvalue weighted by Gasteiger charge is -2.06. The first-order valence-electron chi connectivity index (χ1n) is 3.39. The van der Waals surface area contributed by atoms with Crippen LogP contribution in [-0.2, 0) is 0 Å². The van der Waals surface area contributed by atoms with Crippen LogP contribution in [0.3, 0.4) is 0 Å². The smallest absolute Gasteiger partial charge is 0.284 e. The number of carbonyl (C=O) groups is 1. The van der Waals surface area contributed by atoms with E-state index in [0.717, 1.165) is 6.07 Å². The number of halogens is 5. The maximum atomic E-state index is 12.0. The van der Waals surface area contributed by atoms with Gasteiger partial charge in [-0.3, -0.25) is 4.79 Å². The molecule has 0 unspecified atom stereocenters. The number of hydrogen-bond donors (Lipinski definition) is 0. The highest BCUT2D eigenvalue weighted by atomic mass is 127. The molecule has 1 aromatic rings. The quantitative estimate of drug-likeness (QED) is 0.565. The lowest BCUT2D eigenvalue weighted by molar-refractivity contribution is -0.0885. The van der Waals surface area contributed by atoms with Crippen LogP contribution >= 0.6 is 34.2 Å². The SMILES string of the molecule is O=C(c1ccc(Cl)cc1I)C(F)(F)F.